The van der Waals surface area contributed by atoms with Crippen LogP contribution < -0.4 is 5.73 Å². The number of aromatic carboxylic acids is 1. The summed E-state index contributed by atoms with van der Waals surface area (Å²) in [6, 6.07) is 5.29. The minimum absolute atomic E-state index is 0. The predicted octanol–water partition coefficient (Wildman–Crippen LogP) is 2.95. The first-order chi connectivity index (χ1) is 9.11. The highest BCUT2D eigenvalue weighted by molar-refractivity contribution is 6.30. The number of nitrogens with zero attached hydrogens (tertiary/aromatic N) is 1. The van der Waals surface area contributed by atoms with Crippen molar-refractivity contribution in [3.63, 3.8) is 0 Å². The topological polar surface area (TPSA) is 92.0 Å². The highest BCUT2D eigenvalue weighted by Crippen LogP contribution is 2.30. The van der Waals surface area contributed by atoms with Crippen LogP contribution in [0.2, 0.25) is 5.15 Å². The number of nitrogens with two attached hydrogens (primary N) is 1. The number of benzene rings is 1. The van der Waals surface area contributed by atoms with Crippen LogP contribution in [0, 0.1) is 0 Å². The lowest BCUT2D eigenvalue weighted by molar-refractivity contribution is 0.0698. The number of halogens is 2. The molecule has 0 bridgehead atoms. The number of H-pyrrole nitrogens is 1. The van der Waals surface area contributed by atoms with E-state index >= 15 is 0 Å². The Morgan fingerprint density at radius 3 is 2.80 bits per heavy atom. The summed E-state index contributed by atoms with van der Waals surface area (Å²) in [5.74, 6) is -0.994. The van der Waals surface area contributed by atoms with Crippen molar-refractivity contribution in [2.75, 3.05) is 0 Å². The largest absolute Gasteiger partial charge is 0.478 e. The molecule has 0 amide bonds. The van der Waals surface area contributed by atoms with Crippen molar-refractivity contribution in [3.05, 3.63) is 40.8 Å². The summed E-state index contributed by atoms with van der Waals surface area (Å²) in [7, 11) is 0. The van der Waals surface area contributed by atoms with Gasteiger partial charge in [-0.05, 0) is 6.07 Å². The van der Waals surface area contributed by atoms with Crippen LogP contribution in [0.1, 0.15) is 16.1 Å². The van der Waals surface area contributed by atoms with E-state index in [0.29, 0.717) is 16.2 Å². The third-order valence-corrected chi connectivity index (χ3v) is 3.34. The zero-order chi connectivity index (χ0) is 13.6. The second-order valence-electron chi connectivity index (χ2n) is 4.20. The third kappa shape index (κ3) is 2.10. The van der Waals surface area contributed by atoms with Crippen LogP contribution in [0.5, 0.6) is 0 Å². The summed E-state index contributed by atoms with van der Waals surface area (Å²) in [6.07, 6.45) is 1.65. The van der Waals surface area contributed by atoms with Crippen molar-refractivity contribution in [1.82, 2.24) is 9.97 Å². The summed E-state index contributed by atoms with van der Waals surface area (Å²) >= 11 is 5.90. The SMILES string of the molecule is Cl.NCc1[nH]c2c(ccc3cnc(Cl)cc32)c1C(=O)O. The number of carboxylic acids is 1. The minimum atomic E-state index is -0.994. The van der Waals surface area contributed by atoms with Crippen molar-refractivity contribution < 1.29 is 9.90 Å². The molecule has 2 heterocycles. The van der Waals surface area contributed by atoms with E-state index in [2.05, 4.69) is 9.97 Å². The molecular weight excluding hydrogens is 301 g/mol. The van der Waals surface area contributed by atoms with Crippen LogP contribution in [0.15, 0.2) is 24.4 Å². The van der Waals surface area contributed by atoms with Gasteiger partial charge in [0.05, 0.1) is 11.1 Å². The van der Waals surface area contributed by atoms with E-state index < -0.39 is 5.97 Å². The molecule has 0 saturated carbocycles. The first kappa shape index (κ1) is 14.6. The molecule has 3 rings (SSSR count). The van der Waals surface area contributed by atoms with Gasteiger partial charge in [-0.1, -0.05) is 23.7 Å². The molecule has 0 unspecified atom stereocenters. The van der Waals surface area contributed by atoms with Crippen molar-refractivity contribution in [3.8, 4) is 0 Å². The molecule has 4 N–H and O–H groups in total. The second-order valence-corrected chi connectivity index (χ2v) is 4.59. The van der Waals surface area contributed by atoms with Gasteiger partial charge >= 0.3 is 5.97 Å². The summed E-state index contributed by atoms with van der Waals surface area (Å²) in [4.78, 5) is 18.4. The highest BCUT2D eigenvalue weighted by atomic mass is 35.5. The van der Waals surface area contributed by atoms with Gasteiger partial charge in [-0.25, -0.2) is 9.78 Å². The Morgan fingerprint density at radius 2 is 2.15 bits per heavy atom. The lowest BCUT2D eigenvalue weighted by Gasteiger charge is -2.00. The summed E-state index contributed by atoms with van der Waals surface area (Å²) in [6.45, 7) is 0.136. The van der Waals surface area contributed by atoms with Gasteiger partial charge in [-0.15, -0.1) is 12.4 Å². The van der Waals surface area contributed by atoms with E-state index in [1.807, 2.05) is 6.07 Å². The zero-order valence-corrected chi connectivity index (χ0v) is 11.8. The lowest BCUT2D eigenvalue weighted by Crippen LogP contribution is -2.05. The van der Waals surface area contributed by atoms with Crippen LogP contribution >= 0.6 is 24.0 Å². The Bertz CT molecular complexity index is 814. The normalized spacial score (nSPS) is 10.7. The summed E-state index contributed by atoms with van der Waals surface area (Å²) in [5, 5.41) is 12.0. The number of pyridine rings is 1. The number of hydrogen-bond donors (Lipinski definition) is 3. The average molecular weight is 312 g/mol. The standard InChI is InChI=1S/C13H10ClN3O2.ClH/c14-10-3-8-6(5-16-10)1-2-7-11(13(18)19)9(4-15)17-12(7)8;/h1-3,5,17H,4,15H2,(H,18,19);1H. The van der Waals surface area contributed by atoms with Crippen molar-refractivity contribution in [2.45, 2.75) is 6.54 Å². The van der Waals surface area contributed by atoms with Gasteiger partial charge in [0.25, 0.3) is 0 Å². The monoisotopic (exact) mass is 311 g/mol. The number of fused-ring (bicyclic) bond motifs is 3. The number of carboxylic acid groups (broad SMARTS) is 1. The van der Waals surface area contributed by atoms with E-state index in [0.717, 1.165) is 16.3 Å². The maximum Gasteiger partial charge on any atom is 0.338 e. The minimum Gasteiger partial charge on any atom is -0.478 e. The number of rotatable bonds is 2. The first-order valence-corrected chi connectivity index (χ1v) is 6.01. The Kier molecular flexibility index (Phi) is 3.85. The van der Waals surface area contributed by atoms with Crippen LogP contribution in [-0.4, -0.2) is 21.0 Å². The Labute approximate surface area is 125 Å². The van der Waals surface area contributed by atoms with E-state index in [4.69, 9.17) is 17.3 Å². The molecule has 0 aliphatic carbocycles. The molecule has 0 fully saturated rings. The van der Waals surface area contributed by atoms with E-state index in [-0.39, 0.29) is 24.5 Å². The molecule has 5 nitrogen and oxygen atoms in total. The molecule has 0 atom stereocenters. The van der Waals surface area contributed by atoms with Gasteiger partial charge in [-0.3, -0.25) is 0 Å². The van der Waals surface area contributed by atoms with Crippen molar-refractivity contribution >= 4 is 51.7 Å². The van der Waals surface area contributed by atoms with Gasteiger partial charge < -0.3 is 15.8 Å². The molecule has 1 aromatic carbocycles. The van der Waals surface area contributed by atoms with Crippen molar-refractivity contribution in [1.29, 1.82) is 0 Å². The van der Waals surface area contributed by atoms with Crippen molar-refractivity contribution in [2.24, 2.45) is 5.73 Å². The molecule has 20 heavy (non-hydrogen) atoms. The quantitative estimate of drug-likeness (QED) is 0.634. The van der Waals surface area contributed by atoms with Crippen LogP contribution in [0.3, 0.4) is 0 Å². The van der Waals surface area contributed by atoms with E-state index in [1.54, 1.807) is 18.3 Å². The Balaban J connectivity index is 0.00000147. The molecule has 0 spiro atoms. The van der Waals surface area contributed by atoms with Crippen LogP contribution in [-0.2, 0) is 6.54 Å². The number of aromatic nitrogens is 2. The Hall–Kier alpha value is -1.82. The lowest BCUT2D eigenvalue weighted by atomic mass is 10.1. The smallest absolute Gasteiger partial charge is 0.338 e. The molecule has 0 radical (unpaired) electrons. The zero-order valence-electron chi connectivity index (χ0n) is 10.2. The van der Waals surface area contributed by atoms with E-state index in [9.17, 15) is 9.90 Å². The molecule has 0 aliphatic heterocycles. The number of nitrogens with one attached hydrogen (secondary N) is 1. The fourth-order valence-corrected chi connectivity index (χ4v) is 2.47. The number of hydrogen-bond acceptors (Lipinski definition) is 3. The molecule has 7 heteroatoms. The summed E-state index contributed by atoms with van der Waals surface area (Å²) in [5.41, 5.74) is 7.03. The maximum absolute atomic E-state index is 11.3. The molecule has 3 aromatic rings. The van der Waals surface area contributed by atoms with Gasteiger partial charge in [-0.2, -0.15) is 0 Å². The second kappa shape index (κ2) is 5.28. The molecule has 104 valence electrons. The van der Waals surface area contributed by atoms with Gasteiger partial charge in [0.15, 0.2) is 0 Å². The fraction of sp³-hybridized carbons (Fsp3) is 0.0769. The average Bonchev–Trinajstić information content (AvgIpc) is 2.77. The number of aromatic amines is 1. The van der Waals surface area contributed by atoms with Gasteiger partial charge in [0.1, 0.15) is 5.15 Å². The fourth-order valence-electron chi connectivity index (χ4n) is 2.31. The molecular formula is C13H11Cl2N3O2. The Morgan fingerprint density at radius 1 is 1.40 bits per heavy atom. The first-order valence-electron chi connectivity index (χ1n) is 5.64. The highest BCUT2D eigenvalue weighted by Gasteiger charge is 2.18. The van der Waals surface area contributed by atoms with Gasteiger partial charge in [0, 0.05) is 34.6 Å². The molecule has 0 aliphatic rings. The predicted molar refractivity (Wildman–Crippen MR) is 80.7 cm³/mol. The van der Waals surface area contributed by atoms with Crippen LogP contribution in [0.25, 0.3) is 21.7 Å². The number of carbonyl (C=O) groups is 1. The van der Waals surface area contributed by atoms with Crippen LogP contribution in [0.4, 0.5) is 0 Å². The molecule has 2 aromatic heterocycles. The third-order valence-electron chi connectivity index (χ3n) is 3.13. The summed E-state index contributed by atoms with van der Waals surface area (Å²) < 4.78 is 0. The molecule has 0 saturated heterocycles. The van der Waals surface area contributed by atoms with E-state index in [1.165, 1.54) is 0 Å². The van der Waals surface area contributed by atoms with Gasteiger partial charge in [0.2, 0.25) is 0 Å². The maximum atomic E-state index is 11.3.